The van der Waals surface area contributed by atoms with Crippen molar-refractivity contribution < 1.29 is 13.2 Å². The molecule has 7 heteroatoms. The summed E-state index contributed by atoms with van der Waals surface area (Å²) in [4.78, 5) is 13.4. The van der Waals surface area contributed by atoms with Gasteiger partial charge in [-0.25, -0.2) is 8.42 Å². The summed E-state index contributed by atoms with van der Waals surface area (Å²) in [5.74, 6) is -0.218. The number of sulfonamides is 1. The van der Waals surface area contributed by atoms with Gasteiger partial charge in [-0.3, -0.25) is 4.79 Å². The van der Waals surface area contributed by atoms with Gasteiger partial charge in [0.15, 0.2) is 0 Å². The molecule has 0 atom stereocenters. The van der Waals surface area contributed by atoms with Crippen molar-refractivity contribution in [1.82, 2.24) is 9.21 Å². The van der Waals surface area contributed by atoms with E-state index >= 15 is 0 Å². The van der Waals surface area contributed by atoms with Crippen molar-refractivity contribution in [2.24, 2.45) is 0 Å². The Kier molecular flexibility index (Phi) is 4.91. The molecule has 1 amide bonds. The highest BCUT2D eigenvalue weighted by atomic mass is 35.5. The highest BCUT2D eigenvalue weighted by molar-refractivity contribution is 7.89. The first-order valence-corrected chi connectivity index (χ1v) is 8.75. The van der Waals surface area contributed by atoms with Crippen molar-refractivity contribution >= 4 is 27.5 Å². The van der Waals surface area contributed by atoms with Gasteiger partial charge in [0.1, 0.15) is 5.88 Å². The molecular formula is C14H19ClN2O3S. The van der Waals surface area contributed by atoms with E-state index < -0.39 is 10.0 Å². The van der Waals surface area contributed by atoms with Crippen LogP contribution in [0.4, 0.5) is 0 Å². The fourth-order valence-electron chi connectivity index (χ4n) is 2.29. The minimum absolute atomic E-state index is 0.0656. The summed E-state index contributed by atoms with van der Waals surface area (Å²) < 4.78 is 26.6. The van der Waals surface area contributed by atoms with Gasteiger partial charge < -0.3 is 4.90 Å². The Morgan fingerprint density at radius 1 is 1.14 bits per heavy atom. The Morgan fingerprint density at radius 2 is 1.76 bits per heavy atom. The van der Waals surface area contributed by atoms with Gasteiger partial charge in [0, 0.05) is 26.2 Å². The van der Waals surface area contributed by atoms with E-state index in [-0.39, 0.29) is 11.8 Å². The zero-order valence-corrected chi connectivity index (χ0v) is 13.7. The number of amides is 1. The topological polar surface area (TPSA) is 57.7 Å². The van der Waals surface area contributed by atoms with Crippen LogP contribution in [0.15, 0.2) is 23.1 Å². The molecule has 0 radical (unpaired) electrons. The molecule has 0 saturated carbocycles. The Morgan fingerprint density at radius 3 is 2.29 bits per heavy atom. The monoisotopic (exact) mass is 330 g/mol. The number of nitrogens with zero attached hydrogens (tertiary/aromatic N) is 2. The molecule has 0 spiro atoms. The molecule has 1 aromatic rings. The van der Waals surface area contributed by atoms with Gasteiger partial charge in [-0.15, -0.1) is 11.6 Å². The lowest BCUT2D eigenvalue weighted by atomic mass is 10.1. The second-order valence-electron chi connectivity index (χ2n) is 5.16. The Labute approximate surface area is 130 Å². The molecule has 1 aliphatic rings. The average molecular weight is 331 g/mol. The molecule has 0 aromatic heterocycles. The van der Waals surface area contributed by atoms with Crippen LogP contribution in [0, 0.1) is 13.8 Å². The number of hydrogen-bond acceptors (Lipinski definition) is 3. The third kappa shape index (κ3) is 3.39. The molecule has 0 unspecified atom stereocenters. The lowest BCUT2D eigenvalue weighted by Gasteiger charge is -2.33. The van der Waals surface area contributed by atoms with Crippen LogP contribution in [0.2, 0.25) is 0 Å². The molecule has 1 aromatic carbocycles. The van der Waals surface area contributed by atoms with Gasteiger partial charge in [0.05, 0.1) is 4.90 Å². The summed E-state index contributed by atoms with van der Waals surface area (Å²) >= 11 is 5.52. The van der Waals surface area contributed by atoms with Gasteiger partial charge in [0.25, 0.3) is 0 Å². The van der Waals surface area contributed by atoms with Crippen molar-refractivity contribution in [2.75, 3.05) is 32.1 Å². The zero-order chi connectivity index (χ0) is 15.6. The molecule has 1 fully saturated rings. The van der Waals surface area contributed by atoms with Crippen LogP contribution in [0.3, 0.4) is 0 Å². The van der Waals surface area contributed by atoms with E-state index in [4.69, 9.17) is 11.6 Å². The summed E-state index contributed by atoms with van der Waals surface area (Å²) in [5.41, 5.74) is 2.01. The standard InChI is InChI=1S/C14H19ClN2O3S/c1-11-3-4-13(9-12(11)2)21(19,20)17-7-5-16(6-8-17)14(18)10-15/h3-4,9H,5-8,10H2,1-2H3. The molecule has 0 aliphatic carbocycles. The van der Waals surface area contributed by atoms with E-state index in [1.54, 1.807) is 17.0 Å². The van der Waals surface area contributed by atoms with E-state index in [2.05, 4.69) is 0 Å². The molecule has 2 rings (SSSR count). The maximum atomic E-state index is 12.6. The molecule has 116 valence electrons. The van der Waals surface area contributed by atoms with Crippen LogP contribution >= 0.6 is 11.6 Å². The molecule has 0 bridgehead atoms. The first-order valence-electron chi connectivity index (χ1n) is 6.77. The Balaban J connectivity index is 2.14. The van der Waals surface area contributed by atoms with Gasteiger partial charge in [-0.2, -0.15) is 4.31 Å². The van der Waals surface area contributed by atoms with E-state index in [0.29, 0.717) is 31.1 Å². The van der Waals surface area contributed by atoms with Crippen molar-refractivity contribution in [2.45, 2.75) is 18.7 Å². The van der Waals surface area contributed by atoms with E-state index in [1.807, 2.05) is 19.9 Å². The van der Waals surface area contributed by atoms with Crippen LogP contribution in [0.25, 0.3) is 0 Å². The lowest BCUT2D eigenvalue weighted by molar-refractivity contribution is -0.129. The summed E-state index contributed by atoms with van der Waals surface area (Å²) in [7, 11) is -3.49. The molecule has 5 nitrogen and oxygen atoms in total. The number of alkyl halides is 1. The molecular weight excluding hydrogens is 312 g/mol. The number of piperazine rings is 1. The van der Waals surface area contributed by atoms with E-state index in [9.17, 15) is 13.2 Å². The number of carbonyl (C=O) groups is 1. The van der Waals surface area contributed by atoms with E-state index in [1.165, 1.54) is 4.31 Å². The van der Waals surface area contributed by atoms with Crippen molar-refractivity contribution in [3.05, 3.63) is 29.3 Å². The predicted octanol–water partition coefficient (Wildman–Crippen LogP) is 1.38. The Bertz CT molecular complexity index is 638. The zero-order valence-electron chi connectivity index (χ0n) is 12.2. The molecule has 21 heavy (non-hydrogen) atoms. The third-order valence-corrected chi connectivity index (χ3v) is 5.95. The minimum atomic E-state index is -3.49. The van der Waals surface area contributed by atoms with Gasteiger partial charge in [0.2, 0.25) is 15.9 Å². The van der Waals surface area contributed by atoms with Crippen LogP contribution in [0.5, 0.6) is 0 Å². The quantitative estimate of drug-likeness (QED) is 0.787. The summed E-state index contributed by atoms with van der Waals surface area (Å²) in [6.07, 6.45) is 0. The van der Waals surface area contributed by atoms with Crippen molar-refractivity contribution in [1.29, 1.82) is 0 Å². The number of hydrogen-bond donors (Lipinski definition) is 0. The number of aryl methyl sites for hydroxylation is 2. The van der Waals surface area contributed by atoms with Gasteiger partial charge >= 0.3 is 0 Å². The number of rotatable bonds is 3. The second kappa shape index (κ2) is 6.34. The smallest absolute Gasteiger partial charge is 0.243 e. The molecule has 0 N–H and O–H groups in total. The maximum Gasteiger partial charge on any atom is 0.243 e. The van der Waals surface area contributed by atoms with Crippen molar-refractivity contribution in [3.8, 4) is 0 Å². The summed E-state index contributed by atoms with van der Waals surface area (Å²) in [6, 6.07) is 5.14. The third-order valence-electron chi connectivity index (χ3n) is 3.82. The normalized spacial score (nSPS) is 17.0. The average Bonchev–Trinajstić information content (AvgIpc) is 2.49. The number of carbonyl (C=O) groups excluding carboxylic acids is 1. The molecule has 1 aliphatic heterocycles. The number of benzene rings is 1. The van der Waals surface area contributed by atoms with Crippen LogP contribution in [0.1, 0.15) is 11.1 Å². The van der Waals surface area contributed by atoms with Gasteiger partial charge in [-0.05, 0) is 37.1 Å². The fourth-order valence-corrected chi connectivity index (χ4v) is 3.96. The number of halogens is 1. The SMILES string of the molecule is Cc1ccc(S(=O)(=O)N2CCN(C(=O)CCl)CC2)cc1C. The lowest BCUT2D eigenvalue weighted by Crippen LogP contribution is -2.50. The largest absolute Gasteiger partial charge is 0.339 e. The fraction of sp³-hybridized carbons (Fsp3) is 0.500. The van der Waals surface area contributed by atoms with Crippen LogP contribution in [-0.4, -0.2) is 55.6 Å². The van der Waals surface area contributed by atoms with Crippen LogP contribution < -0.4 is 0 Å². The maximum absolute atomic E-state index is 12.6. The minimum Gasteiger partial charge on any atom is -0.339 e. The van der Waals surface area contributed by atoms with E-state index in [0.717, 1.165) is 11.1 Å². The Hall–Kier alpha value is -1.11. The van der Waals surface area contributed by atoms with Crippen LogP contribution in [-0.2, 0) is 14.8 Å². The van der Waals surface area contributed by atoms with Crippen molar-refractivity contribution in [3.63, 3.8) is 0 Å². The first kappa shape index (κ1) is 16.3. The second-order valence-corrected chi connectivity index (χ2v) is 7.37. The highest BCUT2D eigenvalue weighted by Gasteiger charge is 2.29. The predicted molar refractivity (Wildman–Crippen MR) is 82.0 cm³/mol. The summed E-state index contributed by atoms with van der Waals surface area (Å²) in [6.45, 7) is 5.22. The molecule has 1 saturated heterocycles. The molecule has 1 heterocycles. The first-order chi connectivity index (χ1) is 9.86. The summed E-state index contributed by atoms with van der Waals surface area (Å²) in [5, 5.41) is 0. The highest BCUT2D eigenvalue weighted by Crippen LogP contribution is 2.20. The van der Waals surface area contributed by atoms with Gasteiger partial charge in [-0.1, -0.05) is 6.07 Å².